The summed E-state index contributed by atoms with van der Waals surface area (Å²) >= 11 is 1.96. The molecule has 2 fully saturated rings. The van der Waals surface area contributed by atoms with E-state index in [1.165, 1.54) is 25.6 Å². The van der Waals surface area contributed by atoms with Crippen LogP contribution in [-0.2, 0) is 42.4 Å². The molecule has 2 saturated heterocycles. The number of rotatable bonds is 11. The molecule has 240 valence electrons. The standard InChI is InChI=1S/C24H29N11O8S2/c1-24(2,22(41)42)43-31-12(16-30-23(26)45-32-16)18(37)29-13-19(38)35-14(21(39)40)10(8-44-20(13)35)6-34-7-11(15(25)33(34)3)28-17(36)9-4-27-5-9/h7,9,13,20,25,27H,4-6,8H2,1-3H3,(H6,26,28,29,30,32,36,37,39,40,41,42)/b31-12-/t13-,20-/m1/s1. The minimum Gasteiger partial charge on any atom is -0.543 e. The fraction of sp³-hybridized carbons (Fsp3) is 0.458. The minimum atomic E-state index is -1.82. The largest absolute Gasteiger partial charge is 0.543 e. The molecule has 0 aliphatic carbocycles. The van der Waals surface area contributed by atoms with Gasteiger partial charge in [-0.2, -0.15) is 9.36 Å². The van der Waals surface area contributed by atoms with Crippen molar-refractivity contribution in [1.29, 1.82) is 0 Å². The Morgan fingerprint density at radius 1 is 1.31 bits per heavy atom. The molecule has 45 heavy (non-hydrogen) atoms. The molecule has 5 heterocycles. The number of hydrogen-bond acceptors (Lipinski definition) is 15. The van der Waals surface area contributed by atoms with E-state index in [0.717, 1.165) is 16.4 Å². The molecular weight excluding hydrogens is 634 g/mol. The number of aromatic nitrogens is 4. The number of nitrogen functional groups attached to an aromatic ring is 2. The average Bonchev–Trinajstić information content (AvgIpc) is 3.48. The second kappa shape index (κ2) is 12.0. The number of nitrogens with one attached hydrogen (secondary N) is 3. The van der Waals surface area contributed by atoms with Crippen LogP contribution in [0.3, 0.4) is 0 Å². The van der Waals surface area contributed by atoms with E-state index in [9.17, 15) is 34.2 Å². The number of carboxylic acids is 2. The van der Waals surface area contributed by atoms with Gasteiger partial charge in [-0.05, 0) is 13.8 Å². The van der Waals surface area contributed by atoms with Gasteiger partial charge in [-0.3, -0.25) is 19.3 Å². The molecule has 8 N–H and O–H groups in total. The first-order chi connectivity index (χ1) is 21.2. The summed E-state index contributed by atoms with van der Waals surface area (Å²) < 4.78 is 7.06. The molecule has 2 aromatic rings. The fourth-order valence-electron chi connectivity index (χ4n) is 4.48. The second-order valence-corrected chi connectivity index (χ2v) is 12.7. The summed E-state index contributed by atoms with van der Waals surface area (Å²) in [6.07, 6.45) is 1.57. The van der Waals surface area contributed by atoms with Crippen LogP contribution in [-0.4, -0.2) is 95.3 Å². The summed E-state index contributed by atoms with van der Waals surface area (Å²) in [6, 6.07) is -1.17. The van der Waals surface area contributed by atoms with Crippen molar-refractivity contribution >= 4 is 75.3 Å². The number of fused-ring (bicyclic) bond motifs is 1. The smallest absolute Gasteiger partial charge is 0.350 e. The van der Waals surface area contributed by atoms with Crippen molar-refractivity contribution in [2.24, 2.45) is 18.1 Å². The quantitative estimate of drug-likeness (QED) is 0.0582. The van der Waals surface area contributed by atoms with Crippen molar-refractivity contribution < 1.29 is 43.7 Å². The highest BCUT2D eigenvalue weighted by atomic mass is 32.2. The molecule has 0 spiro atoms. The van der Waals surface area contributed by atoms with E-state index in [4.69, 9.17) is 16.3 Å². The van der Waals surface area contributed by atoms with Crippen LogP contribution in [0.25, 0.3) is 0 Å². The highest BCUT2D eigenvalue weighted by Gasteiger charge is 2.53. The number of thioether (sulfide) groups is 1. The zero-order valence-electron chi connectivity index (χ0n) is 24.1. The molecule has 3 aliphatic rings. The van der Waals surface area contributed by atoms with E-state index >= 15 is 0 Å². The molecule has 3 aliphatic heterocycles. The number of carboxylic acid groups (broad SMARTS) is 2. The zero-order valence-corrected chi connectivity index (χ0v) is 25.7. The van der Waals surface area contributed by atoms with E-state index in [-0.39, 0.29) is 46.6 Å². The van der Waals surface area contributed by atoms with Gasteiger partial charge in [0.15, 0.2) is 23.2 Å². The first-order valence-corrected chi connectivity index (χ1v) is 15.2. The lowest BCUT2D eigenvalue weighted by atomic mass is 10.0. The summed E-state index contributed by atoms with van der Waals surface area (Å²) in [7, 11) is 1.64. The van der Waals surface area contributed by atoms with Gasteiger partial charge in [0.05, 0.1) is 24.6 Å². The number of carbonyl (C=O) groups is 5. The SMILES string of the molecule is Cn1c(N)c(NC(=O)C2CNC2)c[n+]1CC1=C(C(=O)[O-])N2C(=O)[C@@H](NC(=O)/C(=N\OC(C)(C)C(=O)O)c3nsc(N)n3)[C@H]2SC1. The highest BCUT2D eigenvalue weighted by Crippen LogP contribution is 2.40. The van der Waals surface area contributed by atoms with Crippen LogP contribution in [0.5, 0.6) is 0 Å². The maximum absolute atomic E-state index is 13.2. The van der Waals surface area contributed by atoms with Gasteiger partial charge < -0.3 is 47.3 Å². The van der Waals surface area contributed by atoms with E-state index in [1.54, 1.807) is 22.6 Å². The lowest BCUT2D eigenvalue weighted by molar-refractivity contribution is -0.765. The lowest BCUT2D eigenvalue weighted by Crippen LogP contribution is -2.71. The van der Waals surface area contributed by atoms with Gasteiger partial charge >= 0.3 is 5.97 Å². The van der Waals surface area contributed by atoms with E-state index < -0.39 is 46.5 Å². The van der Waals surface area contributed by atoms with Gasteiger partial charge in [0.2, 0.25) is 29.2 Å². The number of anilines is 3. The van der Waals surface area contributed by atoms with Gasteiger partial charge in [0.1, 0.15) is 11.4 Å². The van der Waals surface area contributed by atoms with Gasteiger partial charge in [0, 0.05) is 35.9 Å². The predicted octanol–water partition coefficient (Wildman–Crippen LogP) is -3.83. The lowest BCUT2D eigenvalue weighted by Gasteiger charge is -2.50. The van der Waals surface area contributed by atoms with Crippen LogP contribution in [0, 0.1) is 5.92 Å². The zero-order chi connectivity index (χ0) is 32.8. The number of oxime groups is 1. The Hall–Kier alpha value is -4.76. The van der Waals surface area contributed by atoms with Crippen LogP contribution in [0.1, 0.15) is 19.7 Å². The predicted molar refractivity (Wildman–Crippen MR) is 156 cm³/mol. The number of aliphatic carboxylic acids is 2. The van der Waals surface area contributed by atoms with Crippen molar-refractivity contribution in [2.45, 2.75) is 37.4 Å². The normalized spacial score (nSPS) is 20.2. The van der Waals surface area contributed by atoms with Gasteiger partial charge in [0.25, 0.3) is 11.8 Å². The molecule has 0 saturated carbocycles. The molecule has 5 rings (SSSR count). The summed E-state index contributed by atoms with van der Waals surface area (Å²) in [5.41, 5.74) is 9.81. The van der Waals surface area contributed by atoms with Crippen molar-refractivity contribution in [2.75, 3.05) is 35.6 Å². The van der Waals surface area contributed by atoms with Gasteiger partial charge in [-0.1, -0.05) is 5.16 Å². The number of carbonyl (C=O) groups excluding carboxylic acids is 4. The first-order valence-electron chi connectivity index (χ1n) is 13.3. The topological polar surface area (TPSA) is 276 Å². The Morgan fingerprint density at radius 2 is 2.02 bits per heavy atom. The molecule has 0 aromatic carbocycles. The maximum Gasteiger partial charge on any atom is 0.350 e. The third-order valence-electron chi connectivity index (χ3n) is 7.33. The number of nitrogens with zero attached hydrogens (tertiary/aromatic N) is 6. The molecule has 19 nitrogen and oxygen atoms in total. The Balaban J connectivity index is 1.34. The van der Waals surface area contributed by atoms with E-state index in [2.05, 4.69) is 30.5 Å². The average molecular weight is 664 g/mol. The molecule has 3 amide bonds. The van der Waals surface area contributed by atoms with Crippen LogP contribution < -0.4 is 37.2 Å². The van der Waals surface area contributed by atoms with Crippen LogP contribution in [0.15, 0.2) is 22.6 Å². The Kier molecular flexibility index (Phi) is 8.42. The Labute approximate surface area is 262 Å². The highest BCUT2D eigenvalue weighted by molar-refractivity contribution is 8.00. The minimum absolute atomic E-state index is 0.00370. The van der Waals surface area contributed by atoms with E-state index in [0.29, 0.717) is 24.4 Å². The molecular formula is C24H29N11O8S2. The second-order valence-electron chi connectivity index (χ2n) is 10.8. The molecule has 0 bridgehead atoms. The van der Waals surface area contributed by atoms with Crippen LogP contribution >= 0.6 is 23.3 Å². The molecule has 0 unspecified atom stereocenters. The first kappa shape index (κ1) is 31.7. The van der Waals surface area contributed by atoms with Crippen molar-refractivity contribution in [1.82, 2.24) is 29.6 Å². The van der Waals surface area contributed by atoms with Crippen LogP contribution in [0.2, 0.25) is 0 Å². The van der Waals surface area contributed by atoms with Gasteiger partial charge in [-0.25, -0.2) is 4.79 Å². The summed E-state index contributed by atoms with van der Waals surface area (Å²) in [5.74, 6) is -4.87. The Bertz CT molecular complexity index is 1660. The third-order valence-corrected chi connectivity index (χ3v) is 9.21. The number of β-lactam (4-membered cyclic amide) rings is 1. The number of hydrogen-bond donors (Lipinski definition) is 6. The fourth-order valence-corrected chi connectivity index (χ4v) is 6.25. The maximum atomic E-state index is 13.2. The monoisotopic (exact) mass is 663 g/mol. The third kappa shape index (κ3) is 6.00. The number of nitrogens with two attached hydrogens (primary N) is 2. The summed E-state index contributed by atoms with van der Waals surface area (Å²) in [4.78, 5) is 72.6. The summed E-state index contributed by atoms with van der Waals surface area (Å²) in [6.45, 7) is 3.55. The van der Waals surface area contributed by atoms with Crippen molar-refractivity contribution in [3.63, 3.8) is 0 Å². The molecule has 21 heteroatoms. The van der Waals surface area contributed by atoms with Crippen molar-refractivity contribution in [3.8, 4) is 0 Å². The van der Waals surface area contributed by atoms with Gasteiger partial charge in [-0.15, -0.1) is 21.1 Å². The van der Waals surface area contributed by atoms with Crippen LogP contribution in [0.4, 0.5) is 16.6 Å². The molecule has 0 radical (unpaired) electrons. The Morgan fingerprint density at radius 3 is 2.60 bits per heavy atom. The summed E-state index contributed by atoms with van der Waals surface area (Å²) in [5, 5.41) is 32.8. The van der Waals surface area contributed by atoms with E-state index in [1.807, 2.05) is 0 Å². The number of amides is 3. The molecule has 2 aromatic heterocycles. The van der Waals surface area contributed by atoms with Crippen molar-refractivity contribution in [3.05, 3.63) is 23.3 Å². The molecule has 2 atom stereocenters.